The summed E-state index contributed by atoms with van der Waals surface area (Å²) in [6.45, 7) is 0. The molecule has 0 heterocycles. The first-order valence-corrected chi connectivity index (χ1v) is 10.9. The number of nitrogens with one attached hydrogen (secondary N) is 1. The molecule has 0 aliphatic rings. The fourth-order valence-electron chi connectivity index (χ4n) is 3.84. The van der Waals surface area contributed by atoms with Gasteiger partial charge in [-0.1, -0.05) is 42.5 Å². The molecule has 4 aromatic rings. The van der Waals surface area contributed by atoms with Crippen molar-refractivity contribution in [1.82, 2.24) is 0 Å². The SMILES string of the molecule is N#Cc1ccccc1Cc1cccc(C(=O)Nc2ccc(C(=O)O)cc2Cc2ccc(F)cc2)c1. The lowest BCUT2D eigenvalue weighted by Gasteiger charge is -2.13. The highest BCUT2D eigenvalue weighted by molar-refractivity contribution is 6.05. The van der Waals surface area contributed by atoms with Crippen molar-refractivity contribution in [2.45, 2.75) is 12.8 Å². The average molecular weight is 464 g/mol. The summed E-state index contributed by atoms with van der Waals surface area (Å²) in [6.07, 6.45) is 0.829. The van der Waals surface area contributed by atoms with E-state index in [1.54, 1.807) is 42.5 Å². The van der Waals surface area contributed by atoms with E-state index in [1.807, 2.05) is 24.3 Å². The molecule has 4 aromatic carbocycles. The third kappa shape index (κ3) is 5.79. The van der Waals surface area contributed by atoms with Gasteiger partial charge in [-0.25, -0.2) is 9.18 Å². The van der Waals surface area contributed by atoms with Crippen molar-refractivity contribution in [3.63, 3.8) is 0 Å². The van der Waals surface area contributed by atoms with E-state index in [0.29, 0.717) is 35.2 Å². The number of hydrogen-bond donors (Lipinski definition) is 2. The van der Waals surface area contributed by atoms with Crippen LogP contribution in [0, 0.1) is 17.1 Å². The van der Waals surface area contributed by atoms with Crippen LogP contribution >= 0.6 is 0 Å². The lowest BCUT2D eigenvalue weighted by atomic mass is 9.98. The molecule has 0 saturated carbocycles. The maximum absolute atomic E-state index is 13.3. The van der Waals surface area contributed by atoms with Crippen LogP contribution in [-0.2, 0) is 12.8 Å². The van der Waals surface area contributed by atoms with E-state index in [1.165, 1.54) is 24.3 Å². The first-order chi connectivity index (χ1) is 16.9. The van der Waals surface area contributed by atoms with Crippen LogP contribution in [-0.4, -0.2) is 17.0 Å². The topological polar surface area (TPSA) is 90.2 Å². The first-order valence-electron chi connectivity index (χ1n) is 10.9. The van der Waals surface area contributed by atoms with E-state index >= 15 is 0 Å². The summed E-state index contributed by atoms with van der Waals surface area (Å²) in [7, 11) is 0. The molecule has 4 rings (SSSR count). The summed E-state index contributed by atoms with van der Waals surface area (Å²) in [5.41, 5.74) is 4.74. The van der Waals surface area contributed by atoms with Crippen molar-refractivity contribution < 1.29 is 19.1 Å². The van der Waals surface area contributed by atoms with Gasteiger partial charge in [0.2, 0.25) is 0 Å². The van der Waals surface area contributed by atoms with Gasteiger partial charge in [0.15, 0.2) is 0 Å². The standard InChI is InChI=1S/C29H21FN2O3/c30-26-11-8-19(9-12-26)14-25-17-23(29(34)35)10-13-27(25)32-28(33)22-7-3-4-20(16-22)15-21-5-1-2-6-24(21)18-31/h1-13,16-17H,14-15H2,(H,32,33)(H,34,35). The summed E-state index contributed by atoms with van der Waals surface area (Å²) in [5, 5.41) is 21.6. The zero-order valence-corrected chi connectivity index (χ0v) is 18.7. The first kappa shape index (κ1) is 23.4. The number of benzene rings is 4. The zero-order chi connectivity index (χ0) is 24.8. The molecule has 172 valence electrons. The largest absolute Gasteiger partial charge is 0.478 e. The number of carboxylic acid groups (broad SMARTS) is 1. The number of amides is 1. The highest BCUT2D eigenvalue weighted by atomic mass is 19.1. The van der Waals surface area contributed by atoms with Gasteiger partial charge in [0.25, 0.3) is 5.91 Å². The number of carbonyl (C=O) groups excluding carboxylic acids is 1. The lowest BCUT2D eigenvalue weighted by molar-refractivity contribution is 0.0696. The van der Waals surface area contributed by atoms with Gasteiger partial charge in [-0.2, -0.15) is 5.26 Å². The van der Waals surface area contributed by atoms with Crippen molar-refractivity contribution in [2.75, 3.05) is 5.32 Å². The number of hydrogen-bond acceptors (Lipinski definition) is 3. The van der Waals surface area contributed by atoms with Gasteiger partial charge in [-0.15, -0.1) is 0 Å². The van der Waals surface area contributed by atoms with Crippen molar-refractivity contribution in [1.29, 1.82) is 5.26 Å². The minimum Gasteiger partial charge on any atom is -0.478 e. The van der Waals surface area contributed by atoms with Crippen LogP contribution in [0.1, 0.15) is 48.5 Å². The Labute approximate surface area is 202 Å². The average Bonchev–Trinajstić information content (AvgIpc) is 2.86. The van der Waals surface area contributed by atoms with Crippen LogP contribution in [0.5, 0.6) is 0 Å². The molecule has 0 spiro atoms. The molecule has 0 atom stereocenters. The van der Waals surface area contributed by atoms with E-state index in [-0.39, 0.29) is 17.3 Å². The molecule has 1 amide bonds. The summed E-state index contributed by atoms with van der Waals surface area (Å²) < 4.78 is 13.3. The third-order valence-corrected chi connectivity index (χ3v) is 5.63. The number of anilines is 1. The van der Waals surface area contributed by atoms with Gasteiger partial charge in [0, 0.05) is 11.3 Å². The molecular weight excluding hydrogens is 443 g/mol. The van der Waals surface area contributed by atoms with Crippen LogP contribution in [0.3, 0.4) is 0 Å². The monoisotopic (exact) mass is 464 g/mol. The van der Waals surface area contributed by atoms with Crippen molar-refractivity contribution in [3.05, 3.63) is 136 Å². The zero-order valence-electron chi connectivity index (χ0n) is 18.7. The molecule has 0 fully saturated rings. The maximum atomic E-state index is 13.3. The summed E-state index contributed by atoms with van der Waals surface area (Å²) in [5.74, 6) is -1.78. The number of nitriles is 1. The number of carbonyl (C=O) groups is 2. The molecule has 0 aliphatic heterocycles. The van der Waals surface area contributed by atoms with Gasteiger partial charge in [0.1, 0.15) is 5.82 Å². The van der Waals surface area contributed by atoms with E-state index in [9.17, 15) is 24.3 Å². The molecule has 35 heavy (non-hydrogen) atoms. The maximum Gasteiger partial charge on any atom is 0.335 e. The third-order valence-electron chi connectivity index (χ3n) is 5.63. The molecule has 2 N–H and O–H groups in total. The lowest BCUT2D eigenvalue weighted by Crippen LogP contribution is -2.14. The smallest absolute Gasteiger partial charge is 0.335 e. The Morgan fingerprint density at radius 1 is 0.800 bits per heavy atom. The minimum absolute atomic E-state index is 0.0956. The van der Waals surface area contributed by atoms with Crippen LogP contribution < -0.4 is 5.32 Å². The normalized spacial score (nSPS) is 10.4. The Balaban J connectivity index is 1.58. The van der Waals surface area contributed by atoms with Gasteiger partial charge in [-0.3, -0.25) is 4.79 Å². The summed E-state index contributed by atoms with van der Waals surface area (Å²) in [4.78, 5) is 24.6. The molecule has 0 saturated heterocycles. The molecule has 0 aromatic heterocycles. The Morgan fingerprint density at radius 2 is 1.54 bits per heavy atom. The molecular formula is C29H21FN2O3. The molecule has 0 bridgehead atoms. The van der Waals surface area contributed by atoms with E-state index < -0.39 is 5.97 Å². The van der Waals surface area contributed by atoms with Gasteiger partial charge < -0.3 is 10.4 Å². The van der Waals surface area contributed by atoms with Crippen LogP contribution in [0.4, 0.5) is 10.1 Å². The van der Waals surface area contributed by atoms with Crippen LogP contribution in [0.2, 0.25) is 0 Å². The van der Waals surface area contributed by atoms with E-state index in [2.05, 4.69) is 11.4 Å². The van der Waals surface area contributed by atoms with E-state index in [0.717, 1.165) is 16.7 Å². The molecule has 0 radical (unpaired) electrons. The van der Waals surface area contributed by atoms with Crippen molar-refractivity contribution in [2.24, 2.45) is 0 Å². The quantitative estimate of drug-likeness (QED) is 0.360. The Hall–Kier alpha value is -4.76. The second-order valence-electron chi connectivity index (χ2n) is 8.08. The van der Waals surface area contributed by atoms with E-state index in [4.69, 9.17) is 0 Å². The fourth-order valence-corrected chi connectivity index (χ4v) is 3.84. The number of carboxylic acids is 1. The van der Waals surface area contributed by atoms with Crippen LogP contribution in [0.25, 0.3) is 0 Å². The summed E-state index contributed by atoms with van der Waals surface area (Å²) in [6, 6.07) is 27.1. The Kier molecular flexibility index (Phi) is 6.99. The van der Waals surface area contributed by atoms with Crippen molar-refractivity contribution in [3.8, 4) is 6.07 Å². The second-order valence-corrected chi connectivity index (χ2v) is 8.08. The van der Waals surface area contributed by atoms with Gasteiger partial charge in [-0.05, 0) is 83.6 Å². The molecule has 5 nitrogen and oxygen atoms in total. The highest BCUT2D eigenvalue weighted by Gasteiger charge is 2.14. The van der Waals surface area contributed by atoms with Gasteiger partial charge >= 0.3 is 5.97 Å². The molecule has 0 aliphatic carbocycles. The second kappa shape index (κ2) is 10.4. The number of halogens is 1. The predicted octanol–water partition coefficient (Wildman–Crippen LogP) is 5.83. The minimum atomic E-state index is -1.08. The van der Waals surface area contributed by atoms with Crippen molar-refractivity contribution >= 4 is 17.6 Å². The number of rotatable bonds is 7. The number of aromatic carboxylic acids is 1. The molecule has 6 heteroatoms. The molecule has 0 unspecified atom stereocenters. The fraction of sp³-hybridized carbons (Fsp3) is 0.0690. The summed E-state index contributed by atoms with van der Waals surface area (Å²) >= 11 is 0. The number of nitrogens with zero attached hydrogens (tertiary/aromatic N) is 1. The van der Waals surface area contributed by atoms with Gasteiger partial charge in [0.05, 0.1) is 17.2 Å². The predicted molar refractivity (Wildman–Crippen MR) is 131 cm³/mol. The van der Waals surface area contributed by atoms with Crippen LogP contribution in [0.15, 0.2) is 91.0 Å². The Bertz CT molecular complexity index is 1440. The Morgan fingerprint density at radius 3 is 2.29 bits per heavy atom. The highest BCUT2D eigenvalue weighted by Crippen LogP contribution is 2.23.